The maximum Gasteiger partial charge on any atom is 0.312 e. The number of halogens is 2. The molecule has 1 N–H and O–H groups in total. The summed E-state index contributed by atoms with van der Waals surface area (Å²) in [7, 11) is 3.16. The molecule has 0 atom stereocenters. The molecule has 0 saturated heterocycles. The van der Waals surface area contributed by atoms with Crippen LogP contribution >= 0.6 is 23.5 Å². The van der Waals surface area contributed by atoms with Crippen molar-refractivity contribution in [1.82, 2.24) is 0 Å². The van der Waals surface area contributed by atoms with Gasteiger partial charge in [-0.3, -0.25) is 20.2 Å². The van der Waals surface area contributed by atoms with Crippen LogP contribution in [0.2, 0.25) is 0 Å². The minimum Gasteiger partial charge on any atom is -0.304 e. The summed E-state index contributed by atoms with van der Waals surface area (Å²) in [5.41, 5.74) is -0.317. The fraction of sp³-hybridized carbons (Fsp3) is 0.176. The number of nitro groups is 2. The normalized spacial score (nSPS) is 10.9. The third kappa shape index (κ3) is 5.75. The molecule has 0 unspecified atom stereocenters. The standard InChI is InChI=1S/C17H15F2N3O4S2/c1-20(2)15(16(18)19)17(27-13-7-3-11(4-8-13)21(23)24)28-14-9-5-12(6-10-14)22(25)26/h3-10,16H,1-2H3/p+1. The van der Waals surface area contributed by atoms with Crippen molar-refractivity contribution in [3.63, 3.8) is 0 Å². The van der Waals surface area contributed by atoms with Gasteiger partial charge in [0, 0.05) is 34.1 Å². The van der Waals surface area contributed by atoms with E-state index in [1.165, 1.54) is 48.5 Å². The van der Waals surface area contributed by atoms with Crippen LogP contribution in [0, 0.1) is 20.2 Å². The summed E-state index contributed by atoms with van der Waals surface area (Å²) < 4.78 is 27.6. The second-order valence-electron chi connectivity index (χ2n) is 5.71. The Balaban J connectivity index is 2.38. The Bertz CT molecular complexity index is 817. The van der Waals surface area contributed by atoms with Crippen LogP contribution in [0.25, 0.3) is 0 Å². The van der Waals surface area contributed by atoms with Crippen LogP contribution in [0.3, 0.4) is 0 Å². The van der Waals surface area contributed by atoms with Gasteiger partial charge < -0.3 is 4.90 Å². The zero-order valence-electron chi connectivity index (χ0n) is 14.8. The summed E-state index contributed by atoms with van der Waals surface area (Å²) in [6.45, 7) is 0. The molecule has 0 aromatic heterocycles. The van der Waals surface area contributed by atoms with Crippen molar-refractivity contribution in [1.29, 1.82) is 0 Å². The number of rotatable bonds is 8. The second-order valence-corrected chi connectivity index (χ2v) is 8.13. The predicted molar refractivity (Wildman–Crippen MR) is 104 cm³/mol. The van der Waals surface area contributed by atoms with E-state index < -0.39 is 16.3 Å². The maximum absolute atomic E-state index is 13.7. The molecule has 2 rings (SSSR count). The summed E-state index contributed by atoms with van der Waals surface area (Å²) in [4.78, 5) is 22.0. The van der Waals surface area contributed by atoms with Gasteiger partial charge in [-0.05, 0) is 24.3 Å². The van der Waals surface area contributed by atoms with Gasteiger partial charge in [0.15, 0.2) is 5.70 Å². The van der Waals surface area contributed by atoms with Crippen molar-refractivity contribution in [3.05, 3.63) is 78.7 Å². The van der Waals surface area contributed by atoms with Crippen LogP contribution in [0.4, 0.5) is 20.2 Å². The molecule has 0 aliphatic carbocycles. The highest BCUT2D eigenvalue weighted by Crippen LogP contribution is 2.42. The molecule has 0 spiro atoms. The van der Waals surface area contributed by atoms with Crippen LogP contribution in [0.15, 0.2) is 68.3 Å². The fourth-order valence-electron chi connectivity index (χ4n) is 2.13. The van der Waals surface area contributed by atoms with Crippen molar-refractivity contribution in [3.8, 4) is 0 Å². The summed E-state index contributed by atoms with van der Waals surface area (Å²) in [6, 6.07) is 11.2. The Hall–Kier alpha value is -2.50. The molecule has 0 aliphatic heterocycles. The van der Waals surface area contributed by atoms with Gasteiger partial charge in [-0.1, -0.05) is 23.5 Å². The van der Waals surface area contributed by atoms with Gasteiger partial charge in [-0.2, -0.15) is 8.78 Å². The number of nitro benzene ring substituents is 2. The molecule has 2 aromatic rings. The molecule has 0 saturated carbocycles. The summed E-state index contributed by atoms with van der Waals surface area (Å²) in [6.07, 6.45) is -2.71. The Morgan fingerprint density at radius 1 is 0.857 bits per heavy atom. The number of non-ortho nitro benzene ring substituents is 2. The van der Waals surface area contributed by atoms with E-state index in [1.807, 2.05) is 0 Å². The minimum atomic E-state index is -2.71. The first-order chi connectivity index (χ1) is 13.2. The number of nitrogens with one attached hydrogen (secondary N) is 1. The maximum atomic E-state index is 13.7. The molecule has 28 heavy (non-hydrogen) atoms. The van der Waals surface area contributed by atoms with Gasteiger partial charge in [0.05, 0.1) is 23.9 Å². The van der Waals surface area contributed by atoms with Gasteiger partial charge in [0.1, 0.15) is 4.24 Å². The van der Waals surface area contributed by atoms with E-state index in [4.69, 9.17) is 0 Å². The van der Waals surface area contributed by atoms with E-state index >= 15 is 0 Å². The lowest BCUT2D eigenvalue weighted by Crippen LogP contribution is -3.04. The van der Waals surface area contributed by atoms with E-state index in [-0.39, 0.29) is 17.1 Å². The smallest absolute Gasteiger partial charge is 0.304 e. The third-order valence-corrected chi connectivity index (χ3v) is 5.82. The fourth-order valence-corrected chi connectivity index (χ4v) is 4.65. The summed E-state index contributed by atoms with van der Waals surface area (Å²) >= 11 is 2.13. The lowest BCUT2D eigenvalue weighted by molar-refractivity contribution is -0.821. The first-order valence-corrected chi connectivity index (χ1v) is 9.49. The Morgan fingerprint density at radius 3 is 1.46 bits per heavy atom. The van der Waals surface area contributed by atoms with Gasteiger partial charge in [0.25, 0.3) is 11.4 Å². The molecule has 7 nitrogen and oxygen atoms in total. The topological polar surface area (TPSA) is 90.7 Å². The molecule has 0 fully saturated rings. The summed E-state index contributed by atoms with van der Waals surface area (Å²) in [5, 5.41) is 21.5. The number of alkyl halides is 2. The molecule has 0 aliphatic rings. The number of quaternary nitrogens is 1. The molecule has 148 valence electrons. The molecular formula is C17H16F2N3O4S2+. The molecule has 0 heterocycles. The number of hydrogen-bond acceptors (Lipinski definition) is 6. The third-order valence-electron chi connectivity index (χ3n) is 3.49. The highest BCUT2D eigenvalue weighted by atomic mass is 32.2. The molecule has 0 radical (unpaired) electrons. The SMILES string of the molecule is C[NH+](C)C(=C(Sc1ccc([N+](=O)[O-])cc1)Sc1ccc([N+](=O)[O-])cc1)C(F)F. The zero-order chi connectivity index (χ0) is 20.8. The van der Waals surface area contributed by atoms with E-state index in [0.717, 1.165) is 23.5 Å². The Morgan fingerprint density at radius 2 is 1.21 bits per heavy atom. The number of thioether (sulfide) groups is 2. The number of nitrogens with zero attached hydrogens (tertiary/aromatic N) is 2. The highest BCUT2D eigenvalue weighted by molar-refractivity contribution is 8.22. The van der Waals surface area contributed by atoms with E-state index in [0.29, 0.717) is 18.9 Å². The molecule has 0 amide bonds. The molecular weight excluding hydrogens is 412 g/mol. The quantitative estimate of drug-likeness (QED) is 0.389. The lowest BCUT2D eigenvalue weighted by atomic mass is 10.3. The van der Waals surface area contributed by atoms with Crippen molar-refractivity contribution in [2.24, 2.45) is 0 Å². The first-order valence-electron chi connectivity index (χ1n) is 7.86. The highest BCUT2D eigenvalue weighted by Gasteiger charge is 2.26. The second kappa shape index (κ2) is 9.62. The van der Waals surface area contributed by atoms with Crippen molar-refractivity contribution >= 4 is 34.9 Å². The van der Waals surface area contributed by atoms with E-state index in [1.54, 1.807) is 14.1 Å². The summed E-state index contributed by atoms with van der Waals surface area (Å²) in [5.74, 6) is 0. The van der Waals surface area contributed by atoms with Crippen molar-refractivity contribution < 1.29 is 23.5 Å². The predicted octanol–water partition coefficient (Wildman–Crippen LogP) is 3.97. The lowest BCUT2D eigenvalue weighted by Gasteiger charge is -2.16. The molecule has 11 heteroatoms. The Labute approximate surface area is 167 Å². The van der Waals surface area contributed by atoms with Gasteiger partial charge in [0.2, 0.25) is 0 Å². The van der Waals surface area contributed by atoms with Gasteiger partial charge >= 0.3 is 6.43 Å². The van der Waals surface area contributed by atoms with Crippen molar-refractivity contribution in [2.75, 3.05) is 14.1 Å². The zero-order valence-corrected chi connectivity index (χ0v) is 16.4. The minimum absolute atomic E-state index is 0.0924. The van der Waals surface area contributed by atoms with Gasteiger partial charge in [-0.15, -0.1) is 0 Å². The molecule has 0 bridgehead atoms. The van der Waals surface area contributed by atoms with Crippen LogP contribution in [0.1, 0.15) is 0 Å². The van der Waals surface area contributed by atoms with E-state index in [9.17, 15) is 29.0 Å². The van der Waals surface area contributed by atoms with Crippen LogP contribution < -0.4 is 4.90 Å². The van der Waals surface area contributed by atoms with Crippen LogP contribution in [-0.4, -0.2) is 30.4 Å². The number of benzene rings is 2. The molecule has 2 aromatic carbocycles. The first kappa shape index (κ1) is 21.8. The average Bonchev–Trinajstić information content (AvgIpc) is 2.62. The monoisotopic (exact) mass is 428 g/mol. The number of hydrogen-bond donors (Lipinski definition) is 1. The van der Waals surface area contributed by atoms with Gasteiger partial charge in [-0.25, -0.2) is 0 Å². The largest absolute Gasteiger partial charge is 0.312 e. The Kier molecular flexibility index (Phi) is 7.49. The average molecular weight is 428 g/mol. The van der Waals surface area contributed by atoms with E-state index in [2.05, 4.69) is 0 Å². The van der Waals surface area contributed by atoms with Crippen LogP contribution in [0.5, 0.6) is 0 Å². The van der Waals surface area contributed by atoms with Crippen molar-refractivity contribution in [2.45, 2.75) is 16.2 Å². The number of allylic oxidation sites excluding steroid dienone is 1. The van der Waals surface area contributed by atoms with Crippen LogP contribution in [-0.2, 0) is 0 Å².